The molecule has 1 fully saturated rings. The largest absolute Gasteiger partial charge is 0.497 e. The number of carbonyl (C=O) groups excluding carboxylic acids is 1. The van der Waals surface area contributed by atoms with E-state index >= 15 is 0 Å². The first-order valence-corrected chi connectivity index (χ1v) is 11.4. The zero-order valence-electron chi connectivity index (χ0n) is 19.5. The number of urea groups is 1. The van der Waals surface area contributed by atoms with Crippen LogP contribution in [0.5, 0.6) is 5.75 Å². The number of allylic oxidation sites excluding steroid dienone is 1. The van der Waals surface area contributed by atoms with Gasteiger partial charge in [0.2, 0.25) is 0 Å². The van der Waals surface area contributed by atoms with Crippen molar-refractivity contribution in [3.05, 3.63) is 77.9 Å². The number of amides is 2. The number of hydrogen-bond donors (Lipinski definition) is 1. The van der Waals surface area contributed by atoms with Gasteiger partial charge in [-0.2, -0.15) is 0 Å². The van der Waals surface area contributed by atoms with Gasteiger partial charge in [-0.05, 0) is 65.6 Å². The monoisotopic (exact) mass is 465 g/mol. The van der Waals surface area contributed by atoms with E-state index in [0.29, 0.717) is 13.1 Å². The van der Waals surface area contributed by atoms with Gasteiger partial charge in [0.15, 0.2) is 0 Å². The van der Waals surface area contributed by atoms with Gasteiger partial charge in [-0.25, -0.2) is 13.6 Å². The lowest BCUT2D eigenvalue weighted by Gasteiger charge is -2.34. The lowest BCUT2D eigenvalue weighted by Crippen LogP contribution is -2.50. The van der Waals surface area contributed by atoms with E-state index in [2.05, 4.69) is 47.5 Å². The molecular weight excluding hydrogens is 436 g/mol. The smallest absolute Gasteiger partial charge is 0.322 e. The molecule has 0 aromatic heterocycles. The van der Waals surface area contributed by atoms with Gasteiger partial charge >= 0.3 is 6.03 Å². The molecule has 3 aromatic carbocycles. The van der Waals surface area contributed by atoms with Crippen LogP contribution < -0.4 is 10.1 Å². The Bertz CT molecular complexity index is 1200. The van der Waals surface area contributed by atoms with E-state index in [0.717, 1.165) is 49.3 Å². The molecule has 7 heteroatoms. The first-order chi connectivity index (χ1) is 16.4. The molecule has 0 bridgehead atoms. The molecule has 3 aromatic rings. The predicted molar refractivity (Wildman–Crippen MR) is 132 cm³/mol. The Kier molecular flexibility index (Phi) is 7.43. The second kappa shape index (κ2) is 10.7. The van der Waals surface area contributed by atoms with Crippen LogP contribution in [0.4, 0.5) is 19.3 Å². The number of anilines is 1. The lowest BCUT2D eigenvalue weighted by atomic mass is 10.0. The van der Waals surface area contributed by atoms with Crippen molar-refractivity contribution >= 4 is 28.1 Å². The molecule has 178 valence electrons. The molecule has 2 amide bonds. The number of fused-ring (bicyclic) bond motifs is 1. The minimum Gasteiger partial charge on any atom is -0.497 e. The molecule has 34 heavy (non-hydrogen) atoms. The Labute approximate surface area is 198 Å². The number of benzene rings is 3. The zero-order valence-corrected chi connectivity index (χ0v) is 19.5. The van der Waals surface area contributed by atoms with Crippen LogP contribution >= 0.6 is 0 Å². The summed E-state index contributed by atoms with van der Waals surface area (Å²) >= 11 is 0. The highest BCUT2D eigenvalue weighted by atomic mass is 19.1. The number of halogens is 2. The molecule has 0 radical (unpaired) electrons. The highest BCUT2D eigenvalue weighted by Gasteiger charge is 2.21. The first-order valence-electron chi connectivity index (χ1n) is 11.4. The lowest BCUT2D eigenvalue weighted by molar-refractivity contribution is 0.148. The highest BCUT2D eigenvalue weighted by molar-refractivity contribution is 5.89. The quantitative estimate of drug-likeness (QED) is 0.503. The van der Waals surface area contributed by atoms with E-state index in [4.69, 9.17) is 4.74 Å². The number of ether oxygens (including phenoxy) is 1. The van der Waals surface area contributed by atoms with Crippen molar-refractivity contribution in [2.75, 3.05) is 45.2 Å². The van der Waals surface area contributed by atoms with E-state index in [1.807, 2.05) is 12.1 Å². The summed E-state index contributed by atoms with van der Waals surface area (Å²) in [5.74, 6) is -0.595. The normalized spacial score (nSPS) is 14.9. The number of rotatable bonds is 6. The van der Waals surface area contributed by atoms with Crippen LogP contribution in [0, 0.1) is 11.6 Å². The van der Waals surface area contributed by atoms with Crippen LogP contribution in [0.2, 0.25) is 0 Å². The average molecular weight is 466 g/mol. The zero-order chi connectivity index (χ0) is 24.1. The fourth-order valence-corrected chi connectivity index (χ4v) is 4.14. The Hall–Kier alpha value is -3.45. The standard InChI is InChI=1S/C27H29F2N3O2/c1-19(20-5-6-22-17-24(34-2)9-7-21(22)16-20)4-3-11-31-12-14-32(15-13-31)27(33)30-26-10-8-23(28)18-25(26)29/h4-10,16-18H,3,11-15H2,1-2H3,(H,30,33)/b19-4+. The van der Waals surface area contributed by atoms with Crippen molar-refractivity contribution in [2.45, 2.75) is 13.3 Å². The number of methoxy groups -OCH3 is 1. The van der Waals surface area contributed by atoms with E-state index in [-0.39, 0.29) is 11.7 Å². The molecule has 1 aliphatic heterocycles. The van der Waals surface area contributed by atoms with Crippen LogP contribution in [0.15, 0.2) is 60.7 Å². The summed E-state index contributed by atoms with van der Waals surface area (Å²) in [5, 5.41) is 4.86. The third-order valence-electron chi connectivity index (χ3n) is 6.23. The minimum atomic E-state index is -0.778. The topological polar surface area (TPSA) is 44.8 Å². The summed E-state index contributed by atoms with van der Waals surface area (Å²) in [6.07, 6.45) is 3.17. The molecule has 5 nitrogen and oxygen atoms in total. The number of piperazine rings is 1. The molecular formula is C27H29F2N3O2. The molecule has 0 saturated carbocycles. The summed E-state index contributed by atoms with van der Waals surface area (Å²) < 4.78 is 32.1. The Morgan fingerprint density at radius 2 is 1.74 bits per heavy atom. The molecule has 0 aliphatic carbocycles. The number of carbonyl (C=O) groups is 1. The Morgan fingerprint density at radius 3 is 2.47 bits per heavy atom. The molecule has 0 spiro atoms. The number of hydrogen-bond acceptors (Lipinski definition) is 3. The van der Waals surface area contributed by atoms with Crippen LogP contribution in [0.3, 0.4) is 0 Å². The third-order valence-corrected chi connectivity index (χ3v) is 6.23. The summed E-state index contributed by atoms with van der Waals surface area (Å²) in [5.41, 5.74) is 2.42. The van der Waals surface area contributed by atoms with Crippen molar-refractivity contribution in [1.82, 2.24) is 9.80 Å². The van der Waals surface area contributed by atoms with Crippen molar-refractivity contribution in [2.24, 2.45) is 0 Å². The minimum absolute atomic E-state index is 0.0118. The number of nitrogens with zero attached hydrogens (tertiary/aromatic N) is 2. The van der Waals surface area contributed by atoms with Crippen LogP contribution in [0.25, 0.3) is 16.3 Å². The van der Waals surface area contributed by atoms with Crippen LogP contribution in [-0.4, -0.2) is 55.7 Å². The van der Waals surface area contributed by atoms with Gasteiger partial charge in [0.25, 0.3) is 0 Å². The summed E-state index contributed by atoms with van der Waals surface area (Å²) in [4.78, 5) is 16.4. The molecule has 1 N–H and O–H groups in total. The fourth-order valence-electron chi connectivity index (χ4n) is 4.14. The maximum Gasteiger partial charge on any atom is 0.322 e. The number of nitrogens with one attached hydrogen (secondary N) is 1. The van der Waals surface area contributed by atoms with Crippen molar-refractivity contribution in [3.63, 3.8) is 0 Å². The fraction of sp³-hybridized carbons (Fsp3) is 0.296. The highest BCUT2D eigenvalue weighted by Crippen LogP contribution is 2.25. The molecule has 1 aliphatic rings. The van der Waals surface area contributed by atoms with Gasteiger partial charge in [-0.3, -0.25) is 4.90 Å². The molecule has 0 unspecified atom stereocenters. The summed E-state index contributed by atoms with van der Waals surface area (Å²) in [6, 6.07) is 15.3. The van der Waals surface area contributed by atoms with E-state index in [1.165, 1.54) is 22.6 Å². The van der Waals surface area contributed by atoms with Crippen molar-refractivity contribution in [3.8, 4) is 5.75 Å². The molecule has 4 rings (SSSR count). The molecule has 0 atom stereocenters. The van der Waals surface area contributed by atoms with Crippen molar-refractivity contribution in [1.29, 1.82) is 0 Å². The van der Waals surface area contributed by atoms with Crippen LogP contribution in [-0.2, 0) is 0 Å². The maximum absolute atomic E-state index is 13.8. The maximum atomic E-state index is 13.8. The summed E-state index contributed by atoms with van der Waals surface area (Å²) in [6.45, 7) is 5.66. The Morgan fingerprint density at radius 1 is 1.00 bits per heavy atom. The molecule has 1 saturated heterocycles. The van der Waals surface area contributed by atoms with Crippen LogP contribution in [0.1, 0.15) is 18.9 Å². The van der Waals surface area contributed by atoms with Gasteiger partial charge in [-0.15, -0.1) is 0 Å². The second-order valence-electron chi connectivity index (χ2n) is 8.49. The predicted octanol–water partition coefficient (Wildman–Crippen LogP) is 5.77. The van der Waals surface area contributed by atoms with Gasteiger partial charge in [-0.1, -0.05) is 24.3 Å². The van der Waals surface area contributed by atoms with Gasteiger partial charge < -0.3 is 15.0 Å². The van der Waals surface area contributed by atoms with Gasteiger partial charge in [0.1, 0.15) is 17.4 Å². The van der Waals surface area contributed by atoms with Gasteiger partial charge in [0, 0.05) is 38.8 Å². The van der Waals surface area contributed by atoms with Gasteiger partial charge in [0.05, 0.1) is 12.8 Å². The summed E-state index contributed by atoms with van der Waals surface area (Å²) in [7, 11) is 1.67. The SMILES string of the molecule is COc1ccc2cc(/C(C)=C/CCN3CCN(C(=O)Nc4ccc(F)cc4F)CC3)ccc2c1. The van der Waals surface area contributed by atoms with E-state index in [1.54, 1.807) is 12.0 Å². The Balaban J connectivity index is 1.26. The second-order valence-corrected chi connectivity index (χ2v) is 8.49. The van der Waals surface area contributed by atoms with E-state index in [9.17, 15) is 13.6 Å². The van der Waals surface area contributed by atoms with E-state index < -0.39 is 11.6 Å². The van der Waals surface area contributed by atoms with Crippen molar-refractivity contribution < 1.29 is 18.3 Å². The third kappa shape index (κ3) is 5.72. The average Bonchev–Trinajstić information content (AvgIpc) is 2.85. The first kappa shape index (κ1) is 23.7. The molecule has 1 heterocycles.